The second kappa shape index (κ2) is 9.37. The van der Waals surface area contributed by atoms with Crippen molar-refractivity contribution < 1.29 is 31.1 Å². The minimum atomic E-state index is -4.51. The molecule has 0 saturated carbocycles. The zero-order chi connectivity index (χ0) is 25.3. The number of methoxy groups -OCH3 is 1. The van der Waals surface area contributed by atoms with Gasteiger partial charge in [-0.25, -0.2) is 8.42 Å². The standard InChI is InChI=1S/C22H23F3N4O4S/c1-14-21(15(2)28(3)27-14)34(31,32)29(18-9-11-19(33-4)12-10-18)13-20(30)26-17-7-5-16(6-8-17)22(23,24)25/h5-12H,13H2,1-4H3,(H,26,30). The Balaban J connectivity index is 1.95. The summed E-state index contributed by atoms with van der Waals surface area (Å²) in [7, 11) is -1.16. The zero-order valence-electron chi connectivity index (χ0n) is 18.8. The number of carbonyl (C=O) groups is 1. The van der Waals surface area contributed by atoms with Crippen LogP contribution in [0.1, 0.15) is 17.0 Å². The van der Waals surface area contributed by atoms with Crippen LogP contribution in [0, 0.1) is 13.8 Å². The monoisotopic (exact) mass is 496 g/mol. The molecule has 0 spiro atoms. The summed E-state index contributed by atoms with van der Waals surface area (Å²) < 4.78 is 73.0. The molecule has 8 nitrogen and oxygen atoms in total. The van der Waals surface area contributed by atoms with Crippen LogP contribution < -0.4 is 14.4 Å². The maximum absolute atomic E-state index is 13.6. The Morgan fingerprint density at radius 2 is 1.68 bits per heavy atom. The van der Waals surface area contributed by atoms with Gasteiger partial charge in [0.05, 0.1) is 29.7 Å². The molecule has 182 valence electrons. The van der Waals surface area contributed by atoms with Gasteiger partial charge in [-0.05, 0) is 62.4 Å². The lowest BCUT2D eigenvalue weighted by atomic mass is 10.2. The number of halogens is 3. The summed E-state index contributed by atoms with van der Waals surface area (Å²) in [5.74, 6) is -0.248. The van der Waals surface area contributed by atoms with Gasteiger partial charge >= 0.3 is 6.18 Å². The molecule has 0 aliphatic heterocycles. The predicted molar refractivity (Wildman–Crippen MR) is 120 cm³/mol. The quantitative estimate of drug-likeness (QED) is 0.536. The number of benzene rings is 2. The van der Waals surface area contributed by atoms with E-state index in [1.807, 2.05) is 0 Å². The van der Waals surface area contributed by atoms with Gasteiger partial charge in [0.2, 0.25) is 5.91 Å². The fraction of sp³-hybridized carbons (Fsp3) is 0.273. The lowest BCUT2D eigenvalue weighted by Gasteiger charge is -2.24. The van der Waals surface area contributed by atoms with Crippen molar-refractivity contribution in [3.05, 3.63) is 65.5 Å². The van der Waals surface area contributed by atoms with Crippen molar-refractivity contribution in [2.75, 3.05) is 23.3 Å². The van der Waals surface area contributed by atoms with Crippen LogP contribution in [0.15, 0.2) is 53.4 Å². The number of hydrogen-bond acceptors (Lipinski definition) is 5. The number of anilines is 2. The topological polar surface area (TPSA) is 93.5 Å². The molecule has 0 fully saturated rings. The van der Waals surface area contributed by atoms with E-state index in [2.05, 4.69) is 10.4 Å². The van der Waals surface area contributed by atoms with Gasteiger partial charge in [-0.3, -0.25) is 13.8 Å². The van der Waals surface area contributed by atoms with E-state index in [4.69, 9.17) is 4.74 Å². The summed E-state index contributed by atoms with van der Waals surface area (Å²) in [4.78, 5) is 12.7. The molecule has 3 aromatic rings. The molecular formula is C22H23F3N4O4S. The van der Waals surface area contributed by atoms with Crippen molar-refractivity contribution in [1.29, 1.82) is 0 Å². The Morgan fingerprint density at radius 3 is 2.15 bits per heavy atom. The number of aromatic nitrogens is 2. The number of carbonyl (C=O) groups excluding carboxylic acids is 1. The molecular weight excluding hydrogens is 473 g/mol. The van der Waals surface area contributed by atoms with Crippen LogP contribution in [-0.2, 0) is 28.0 Å². The molecule has 1 amide bonds. The van der Waals surface area contributed by atoms with E-state index in [1.165, 1.54) is 23.9 Å². The van der Waals surface area contributed by atoms with E-state index < -0.39 is 34.2 Å². The van der Waals surface area contributed by atoms with Crippen LogP contribution in [0.4, 0.5) is 24.5 Å². The third kappa shape index (κ3) is 5.16. The molecule has 1 heterocycles. The lowest BCUT2D eigenvalue weighted by molar-refractivity contribution is -0.137. The van der Waals surface area contributed by atoms with Crippen molar-refractivity contribution in [2.45, 2.75) is 24.9 Å². The molecule has 0 unspecified atom stereocenters. The number of amides is 1. The molecule has 2 aromatic carbocycles. The van der Waals surface area contributed by atoms with Crippen LogP contribution >= 0.6 is 0 Å². The Kier molecular flexibility index (Phi) is 6.92. The molecule has 0 radical (unpaired) electrons. The molecule has 1 N–H and O–H groups in total. The van der Waals surface area contributed by atoms with Crippen LogP contribution in [0.5, 0.6) is 5.75 Å². The van der Waals surface area contributed by atoms with Gasteiger partial charge in [0.1, 0.15) is 17.2 Å². The van der Waals surface area contributed by atoms with Crippen molar-refractivity contribution in [3.8, 4) is 5.75 Å². The van der Waals surface area contributed by atoms with Gasteiger partial charge in [-0.15, -0.1) is 0 Å². The fourth-order valence-electron chi connectivity index (χ4n) is 3.37. The zero-order valence-corrected chi connectivity index (χ0v) is 19.7. The predicted octanol–water partition coefficient (Wildman–Crippen LogP) is 3.90. The molecule has 0 bridgehead atoms. The Hall–Kier alpha value is -3.54. The number of nitrogens with zero attached hydrogens (tertiary/aromatic N) is 3. The second-order valence-electron chi connectivity index (χ2n) is 7.46. The largest absolute Gasteiger partial charge is 0.497 e. The summed E-state index contributed by atoms with van der Waals surface area (Å²) in [6.07, 6.45) is -4.51. The summed E-state index contributed by atoms with van der Waals surface area (Å²) >= 11 is 0. The number of alkyl halides is 3. The first-order chi connectivity index (χ1) is 15.8. The lowest BCUT2D eigenvalue weighted by Crippen LogP contribution is -2.38. The second-order valence-corrected chi connectivity index (χ2v) is 9.26. The van der Waals surface area contributed by atoms with Gasteiger partial charge in [0.15, 0.2) is 0 Å². The van der Waals surface area contributed by atoms with Crippen LogP contribution in [0.2, 0.25) is 0 Å². The summed E-state index contributed by atoms with van der Waals surface area (Å²) in [5.41, 5.74) is 0.0844. The highest BCUT2D eigenvalue weighted by molar-refractivity contribution is 7.93. The number of ether oxygens (including phenoxy) is 1. The number of sulfonamides is 1. The smallest absolute Gasteiger partial charge is 0.416 e. The molecule has 0 aliphatic rings. The van der Waals surface area contributed by atoms with E-state index >= 15 is 0 Å². The van der Waals surface area contributed by atoms with E-state index in [-0.39, 0.29) is 22.0 Å². The van der Waals surface area contributed by atoms with Crippen LogP contribution in [0.3, 0.4) is 0 Å². The highest BCUT2D eigenvalue weighted by Gasteiger charge is 2.33. The average molecular weight is 497 g/mol. The first-order valence-corrected chi connectivity index (χ1v) is 11.4. The van der Waals surface area contributed by atoms with E-state index in [1.54, 1.807) is 33.0 Å². The number of rotatable bonds is 7. The third-order valence-corrected chi connectivity index (χ3v) is 7.16. The molecule has 0 saturated heterocycles. The Labute approximate surface area is 195 Å². The minimum absolute atomic E-state index is 0.0341. The first-order valence-electron chi connectivity index (χ1n) is 9.98. The minimum Gasteiger partial charge on any atom is -0.497 e. The number of hydrogen-bond donors (Lipinski definition) is 1. The average Bonchev–Trinajstić information content (AvgIpc) is 3.03. The molecule has 0 atom stereocenters. The Bertz CT molecular complexity index is 1290. The van der Waals surface area contributed by atoms with Crippen LogP contribution in [0.25, 0.3) is 0 Å². The normalized spacial score (nSPS) is 11.9. The van der Waals surface area contributed by atoms with E-state index in [0.717, 1.165) is 28.6 Å². The summed E-state index contributed by atoms with van der Waals surface area (Å²) in [5, 5.41) is 6.60. The summed E-state index contributed by atoms with van der Waals surface area (Å²) in [6.45, 7) is 2.53. The van der Waals surface area contributed by atoms with Gasteiger partial charge in [-0.2, -0.15) is 18.3 Å². The van der Waals surface area contributed by atoms with Gasteiger partial charge in [0.25, 0.3) is 10.0 Å². The molecule has 0 aliphatic carbocycles. The fourth-order valence-corrected chi connectivity index (χ4v) is 5.20. The maximum atomic E-state index is 13.6. The molecule has 3 rings (SSSR count). The van der Waals surface area contributed by atoms with Crippen molar-refractivity contribution in [1.82, 2.24) is 9.78 Å². The van der Waals surface area contributed by atoms with E-state index in [9.17, 15) is 26.4 Å². The third-order valence-electron chi connectivity index (χ3n) is 5.13. The molecule has 12 heteroatoms. The molecule has 34 heavy (non-hydrogen) atoms. The van der Waals surface area contributed by atoms with Crippen molar-refractivity contribution >= 4 is 27.3 Å². The number of nitrogens with one attached hydrogen (secondary N) is 1. The van der Waals surface area contributed by atoms with Crippen LogP contribution in [-0.4, -0.2) is 37.8 Å². The highest BCUT2D eigenvalue weighted by Crippen LogP contribution is 2.31. The van der Waals surface area contributed by atoms with Gasteiger partial charge in [0, 0.05) is 12.7 Å². The first kappa shape index (κ1) is 25.1. The van der Waals surface area contributed by atoms with Gasteiger partial charge in [-0.1, -0.05) is 0 Å². The van der Waals surface area contributed by atoms with E-state index in [0.29, 0.717) is 11.4 Å². The van der Waals surface area contributed by atoms with Crippen molar-refractivity contribution in [2.24, 2.45) is 7.05 Å². The van der Waals surface area contributed by atoms with Crippen molar-refractivity contribution in [3.63, 3.8) is 0 Å². The Morgan fingerprint density at radius 1 is 1.09 bits per heavy atom. The highest BCUT2D eigenvalue weighted by atomic mass is 32.2. The molecule has 1 aromatic heterocycles. The van der Waals surface area contributed by atoms with Gasteiger partial charge < -0.3 is 10.1 Å². The SMILES string of the molecule is COc1ccc(N(CC(=O)Nc2ccc(C(F)(F)F)cc2)S(=O)(=O)c2c(C)nn(C)c2C)cc1. The maximum Gasteiger partial charge on any atom is 0.416 e. The number of aryl methyl sites for hydroxylation is 2. The summed E-state index contributed by atoms with van der Waals surface area (Å²) in [6, 6.07) is 9.94.